The van der Waals surface area contributed by atoms with Crippen LogP contribution in [0.3, 0.4) is 0 Å². The molecule has 4 aromatic rings. The minimum absolute atomic E-state index is 0.236. The Balaban J connectivity index is 1.79. The molecular weight excluding hydrogens is 341 g/mol. The van der Waals surface area contributed by atoms with E-state index >= 15 is 0 Å². The molecule has 1 heterocycles. The maximum Gasteiger partial charge on any atom is 0.123 e. The minimum Gasteiger partial charge on any atom is -0.318 e. The normalized spacial score (nSPS) is 11.2. The van der Waals surface area contributed by atoms with E-state index in [4.69, 9.17) is 0 Å². The number of thiophene rings is 1. The van der Waals surface area contributed by atoms with Gasteiger partial charge >= 0.3 is 0 Å². The predicted molar refractivity (Wildman–Crippen MR) is 112 cm³/mol. The van der Waals surface area contributed by atoms with Gasteiger partial charge in [-0.25, -0.2) is 4.39 Å². The fourth-order valence-corrected chi connectivity index (χ4v) is 4.57. The molecule has 0 fully saturated rings. The van der Waals surface area contributed by atoms with E-state index in [2.05, 4.69) is 49.9 Å². The molecule has 0 radical (unpaired) electrons. The molecule has 0 aliphatic rings. The number of fused-ring (bicyclic) bond motifs is 3. The summed E-state index contributed by atoms with van der Waals surface area (Å²) in [4.78, 5) is 1.98. The number of anilines is 2. The lowest BCUT2D eigenvalue weighted by Gasteiger charge is -2.20. The van der Waals surface area contributed by atoms with Gasteiger partial charge in [-0.1, -0.05) is 38.1 Å². The van der Waals surface area contributed by atoms with Crippen LogP contribution in [0, 0.1) is 5.82 Å². The molecule has 0 bridgehead atoms. The Kier molecular flexibility index (Phi) is 4.48. The molecule has 0 amide bonds. The van der Waals surface area contributed by atoms with E-state index in [9.17, 15) is 4.39 Å². The molecule has 0 atom stereocenters. The van der Waals surface area contributed by atoms with Gasteiger partial charge in [0.15, 0.2) is 0 Å². The maximum absolute atomic E-state index is 13.2. The van der Waals surface area contributed by atoms with Crippen molar-refractivity contribution in [2.24, 2.45) is 0 Å². The standard InChI is InChI=1S/C23H20FNS/c1-3-5-16-6-12-20-21-13-11-19(15-23(21)26-22(20)14-16)25(4-2)18-9-7-17(24)8-10-18/h4,6-15H,2-3,5H2,1H3. The lowest BCUT2D eigenvalue weighted by Crippen LogP contribution is -2.07. The van der Waals surface area contributed by atoms with E-state index in [1.807, 2.05) is 16.2 Å². The summed E-state index contributed by atoms with van der Waals surface area (Å²) in [7, 11) is 0. The lowest BCUT2D eigenvalue weighted by atomic mass is 10.1. The van der Waals surface area contributed by atoms with Gasteiger partial charge in [0, 0.05) is 37.7 Å². The minimum atomic E-state index is -0.236. The Morgan fingerprint density at radius 3 is 2.27 bits per heavy atom. The zero-order valence-electron chi connectivity index (χ0n) is 14.7. The molecular formula is C23H20FNS. The SMILES string of the molecule is C=CN(c1ccc(F)cc1)c1ccc2c(c1)sc1cc(CCC)ccc12. The smallest absolute Gasteiger partial charge is 0.123 e. The molecule has 0 saturated carbocycles. The first-order valence-corrected chi connectivity index (χ1v) is 9.64. The van der Waals surface area contributed by atoms with Gasteiger partial charge in [0.2, 0.25) is 0 Å². The van der Waals surface area contributed by atoms with E-state index in [0.29, 0.717) is 0 Å². The first kappa shape index (κ1) is 16.8. The Morgan fingerprint density at radius 1 is 0.923 bits per heavy atom. The summed E-state index contributed by atoms with van der Waals surface area (Å²) in [5, 5.41) is 2.59. The van der Waals surface area contributed by atoms with Crippen LogP contribution in [0.2, 0.25) is 0 Å². The molecule has 0 spiro atoms. The van der Waals surface area contributed by atoms with Crippen LogP contribution >= 0.6 is 11.3 Å². The second kappa shape index (κ2) is 6.93. The summed E-state index contributed by atoms with van der Waals surface area (Å²) >= 11 is 1.82. The van der Waals surface area contributed by atoms with Gasteiger partial charge < -0.3 is 4.90 Å². The third-order valence-electron chi connectivity index (χ3n) is 4.63. The molecule has 0 unspecified atom stereocenters. The van der Waals surface area contributed by atoms with Crippen LogP contribution in [0.4, 0.5) is 15.8 Å². The van der Waals surface area contributed by atoms with E-state index in [1.165, 1.54) is 37.9 Å². The van der Waals surface area contributed by atoms with Crippen molar-refractivity contribution in [3.05, 3.63) is 84.8 Å². The van der Waals surface area contributed by atoms with Gasteiger partial charge in [-0.3, -0.25) is 0 Å². The van der Waals surface area contributed by atoms with Crippen LogP contribution in [0.15, 0.2) is 73.4 Å². The highest BCUT2D eigenvalue weighted by Crippen LogP contribution is 2.38. The number of hydrogen-bond donors (Lipinski definition) is 0. The lowest BCUT2D eigenvalue weighted by molar-refractivity contribution is 0.628. The Bertz CT molecular complexity index is 1080. The molecule has 4 rings (SSSR count). The molecule has 0 saturated heterocycles. The van der Waals surface area contributed by atoms with Gasteiger partial charge in [-0.05, 0) is 54.4 Å². The van der Waals surface area contributed by atoms with Gasteiger partial charge in [0.25, 0.3) is 0 Å². The molecule has 130 valence electrons. The predicted octanol–water partition coefficient (Wildman–Crippen LogP) is 7.43. The number of rotatable bonds is 5. The first-order chi connectivity index (χ1) is 12.7. The summed E-state index contributed by atoms with van der Waals surface area (Å²) < 4.78 is 15.8. The van der Waals surface area contributed by atoms with Crippen molar-refractivity contribution in [3.8, 4) is 0 Å². The van der Waals surface area contributed by atoms with Crippen molar-refractivity contribution in [2.75, 3.05) is 4.90 Å². The van der Waals surface area contributed by atoms with Crippen molar-refractivity contribution in [1.29, 1.82) is 0 Å². The summed E-state index contributed by atoms with van der Waals surface area (Å²) in [5.41, 5.74) is 3.32. The highest BCUT2D eigenvalue weighted by atomic mass is 32.1. The summed E-state index contributed by atoms with van der Waals surface area (Å²) in [6, 6.07) is 19.7. The second-order valence-electron chi connectivity index (χ2n) is 6.39. The molecule has 0 aliphatic carbocycles. The summed E-state index contributed by atoms with van der Waals surface area (Å²) in [5.74, 6) is -0.236. The van der Waals surface area contributed by atoms with Crippen molar-refractivity contribution in [1.82, 2.24) is 0 Å². The number of benzene rings is 3. The Labute approximate surface area is 157 Å². The number of hydrogen-bond acceptors (Lipinski definition) is 2. The number of halogens is 1. The largest absolute Gasteiger partial charge is 0.318 e. The maximum atomic E-state index is 13.2. The average Bonchev–Trinajstić information content (AvgIpc) is 3.01. The highest BCUT2D eigenvalue weighted by molar-refractivity contribution is 7.25. The van der Waals surface area contributed by atoms with Crippen LogP contribution in [0.5, 0.6) is 0 Å². The third kappa shape index (κ3) is 2.99. The summed E-state index contributed by atoms with van der Waals surface area (Å²) in [6.07, 6.45) is 4.04. The number of nitrogens with zero attached hydrogens (tertiary/aromatic N) is 1. The first-order valence-electron chi connectivity index (χ1n) is 8.82. The Morgan fingerprint density at radius 2 is 1.58 bits per heavy atom. The fraction of sp³-hybridized carbons (Fsp3) is 0.130. The van der Waals surface area contributed by atoms with E-state index in [-0.39, 0.29) is 5.82 Å². The van der Waals surface area contributed by atoms with E-state index < -0.39 is 0 Å². The van der Waals surface area contributed by atoms with E-state index in [0.717, 1.165) is 24.2 Å². The van der Waals surface area contributed by atoms with Gasteiger partial charge in [-0.2, -0.15) is 0 Å². The summed E-state index contributed by atoms with van der Waals surface area (Å²) in [6.45, 7) is 6.14. The number of aryl methyl sites for hydroxylation is 1. The second-order valence-corrected chi connectivity index (χ2v) is 7.48. The highest BCUT2D eigenvalue weighted by Gasteiger charge is 2.10. The molecule has 1 nitrogen and oxygen atoms in total. The van der Waals surface area contributed by atoms with Crippen LogP contribution < -0.4 is 4.90 Å². The zero-order valence-corrected chi connectivity index (χ0v) is 15.5. The Hall–Kier alpha value is -2.65. The van der Waals surface area contributed by atoms with Crippen LogP contribution in [0.1, 0.15) is 18.9 Å². The molecule has 0 N–H and O–H groups in total. The molecule has 1 aromatic heterocycles. The monoisotopic (exact) mass is 361 g/mol. The molecule has 3 heteroatoms. The van der Waals surface area contributed by atoms with Crippen LogP contribution in [-0.4, -0.2) is 0 Å². The zero-order chi connectivity index (χ0) is 18.1. The van der Waals surface area contributed by atoms with Crippen LogP contribution in [0.25, 0.3) is 20.2 Å². The fourth-order valence-electron chi connectivity index (χ4n) is 3.37. The molecule has 0 aliphatic heterocycles. The quantitative estimate of drug-likeness (QED) is 0.357. The molecule has 26 heavy (non-hydrogen) atoms. The van der Waals surface area contributed by atoms with Crippen molar-refractivity contribution in [3.63, 3.8) is 0 Å². The van der Waals surface area contributed by atoms with Gasteiger partial charge in [0.1, 0.15) is 5.82 Å². The van der Waals surface area contributed by atoms with Gasteiger partial charge in [-0.15, -0.1) is 11.3 Å². The topological polar surface area (TPSA) is 3.24 Å². The van der Waals surface area contributed by atoms with Crippen molar-refractivity contribution >= 4 is 42.9 Å². The van der Waals surface area contributed by atoms with Crippen molar-refractivity contribution in [2.45, 2.75) is 19.8 Å². The average molecular weight is 361 g/mol. The van der Waals surface area contributed by atoms with Gasteiger partial charge in [0.05, 0.1) is 0 Å². The van der Waals surface area contributed by atoms with Crippen molar-refractivity contribution < 1.29 is 4.39 Å². The third-order valence-corrected chi connectivity index (χ3v) is 5.74. The van der Waals surface area contributed by atoms with Crippen LogP contribution in [-0.2, 0) is 6.42 Å². The molecule has 3 aromatic carbocycles. The van der Waals surface area contributed by atoms with E-state index in [1.54, 1.807) is 18.3 Å².